The van der Waals surface area contributed by atoms with E-state index in [0.717, 1.165) is 38.5 Å². The van der Waals surface area contributed by atoms with Crippen LogP contribution in [0.25, 0.3) is 0 Å². The summed E-state index contributed by atoms with van der Waals surface area (Å²) in [6, 6.07) is 0.797. The molecule has 1 saturated carbocycles. The number of ether oxygens (including phenoxy) is 1. The number of hydrogen-bond acceptors (Lipinski definition) is 6. The molecule has 2 aliphatic rings. The highest BCUT2D eigenvalue weighted by atomic mass is 32.2. The number of carbonyl (C=O) groups is 1. The predicted octanol–water partition coefficient (Wildman–Crippen LogP) is 2.46. The summed E-state index contributed by atoms with van der Waals surface area (Å²) in [5.41, 5.74) is -0.468. The highest BCUT2D eigenvalue weighted by Crippen LogP contribution is 2.30. The average Bonchev–Trinajstić information content (AvgIpc) is 2.51. The van der Waals surface area contributed by atoms with Crippen LogP contribution in [0.1, 0.15) is 53.4 Å². The monoisotopic (exact) mass is 390 g/mol. The van der Waals surface area contributed by atoms with Gasteiger partial charge < -0.3 is 9.64 Å². The van der Waals surface area contributed by atoms with Crippen molar-refractivity contribution in [1.82, 2.24) is 9.80 Å². The van der Waals surface area contributed by atoms with E-state index in [1.165, 1.54) is 0 Å². The third kappa shape index (κ3) is 6.70. The van der Waals surface area contributed by atoms with Gasteiger partial charge in [0.2, 0.25) is 0 Å². The molecule has 1 atom stereocenters. The molecular formula is C18H34N2O5S. The fourth-order valence-electron chi connectivity index (χ4n) is 3.87. The van der Waals surface area contributed by atoms with Crippen molar-refractivity contribution in [2.24, 2.45) is 5.92 Å². The highest BCUT2D eigenvalue weighted by molar-refractivity contribution is 7.85. The van der Waals surface area contributed by atoms with Gasteiger partial charge in [-0.15, -0.1) is 0 Å². The molecule has 8 heteroatoms. The van der Waals surface area contributed by atoms with E-state index >= 15 is 0 Å². The van der Waals surface area contributed by atoms with Crippen molar-refractivity contribution in [1.29, 1.82) is 0 Å². The minimum Gasteiger partial charge on any atom is -0.444 e. The van der Waals surface area contributed by atoms with E-state index in [0.29, 0.717) is 37.7 Å². The molecule has 2 fully saturated rings. The van der Waals surface area contributed by atoms with Gasteiger partial charge in [0.05, 0.1) is 12.9 Å². The molecule has 1 heterocycles. The number of amides is 1. The fraction of sp³-hybridized carbons (Fsp3) is 0.944. The molecule has 152 valence electrons. The summed E-state index contributed by atoms with van der Waals surface area (Å²) in [4.78, 5) is 16.6. The third-order valence-corrected chi connectivity index (χ3v) is 5.70. The lowest BCUT2D eigenvalue weighted by Crippen LogP contribution is -2.57. The summed E-state index contributed by atoms with van der Waals surface area (Å²) in [6.07, 6.45) is 4.94. The summed E-state index contributed by atoms with van der Waals surface area (Å²) in [5, 5.41) is 0. The van der Waals surface area contributed by atoms with Gasteiger partial charge in [0.25, 0.3) is 10.1 Å². The van der Waals surface area contributed by atoms with Crippen LogP contribution >= 0.6 is 0 Å². The second-order valence-electron chi connectivity index (χ2n) is 8.68. The molecule has 1 amide bonds. The molecule has 1 saturated heterocycles. The highest BCUT2D eigenvalue weighted by Gasteiger charge is 2.35. The summed E-state index contributed by atoms with van der Waals surface area (Å²) < 4.78 is 32.7. The van der Waals surface area contributed by atoms with E-state index in [9.17, 15) is 13.2 Å². The largest absolute Gasteiger partial charge is 0.444 e. The van der Waals surface area contributed by atoms with Crippen LogP contribution in [-0.2, 0) is 19.0 Å². The van der Waals surface area contributed by atoms with Crippen LogP contribution in [0.3, 0.4) is 0 Å². The zero-order chi connectivity index (χ0) is 19.5. The van der Waals surface area contributed by atoms with Crippen molar-refractivity contribution in [2.75, 3.05) is 32.5 Å². The molecule has 0 spiro atoms. The normalized spacial score (nSPS) is 28.8. The second-order valence-corrected chi connectivity index (χ2v) is 10.3. The van der Waals surface area contributed by atoms with E-state index < -0.39 is 15.7 Å². The Balaban J connectivity index is 1.79. The summed E-state index contributed by atoms with van der Waals surface area (Å²) in [6.45, 7) is 10.4. The van der Waals surface area contributed by atoms with Crippen molar-refractivity contribution in [3.63, 3.8) is 0 Å². The van der Waals surface area contributed by atoms with Crippen molar-refractivity contribution in [3.8, 4) is 0 Å². The van der Waals surface area contributed by atoms with Gasteiger partial charge in [-0.2, -0.15) is 8.42 Å². The van der Waals surface area contributed by atoms with Gasteiger partial charge in [0.15, 0.2) is 0 Å². The van der Waals surface area contributed by atoms with Gasteiger partial charge in [-0.05, 0) is 59.3 Å². The minimum absolute atomic E-state index is 0.231. The topological polar surface area (TPSA) is 76.2 Å². The van der Waals surface area contributed by atoms with Gasteiger partial charge in [0, 0.05) is 31.7 Å². The number of piperazine rings is 1. The summed E-state index contributed by atoms with van der Waals surface area (Å²) in [7, 11) is -3.35. The molecular weight excluding hydrogens is 356 g/mol. The molecule has 26 heavy (non-hydrogen) atoms. The van der Waals surface area contributed by atoms with Gasteiger partial charge in [-0.1, -0.05) is 0 Å². The van der Waals surface area contributed by atoms with Crippen LogP contribution in [0.4, 0.5) is 4.79 Å². The maximum Gasteiger partial charge on any atom is 0.410 e. The number of hydrogen-bond donors (Lipinski definition) is 0. The third-order valence-electron chi connectivity index (χ3n) is 5.13. The van der Waals surface area contributed by atoms with Gasteiger partial charge in [0.1, 0.15) is 5.60 Å². The number of nitrogens with zero attached hydrogens (tertiary/aromatic N) is 2. The van der Waals surface area contributed by atoms with Gasteiger partial charge >= 0.3 is 6.09 Å². The molecule has 0 aromatic carbocycles. The minimum atomic E-state index is -3.35. The summed E-state index contributed by atoms with van der Waals surface area (Å²) >= 11 is 0. The van der Waals surface area contributed by atoms with E-state index in [1.54, 1.807) is 4.90 Å². The van der Waals surface area contributed by atoms with Gasteiger partial charge in [-0.25, -0.2) is 4.79 Å². The maximum absolute atomic E-state index is 12.3. The Hall–Kier alpha value is -0.860. The van der Waals surface area contributed by atoms with Crippen LogP contribution in [0.15, 0.2) is 0 Å². The molecule has 1 aliphatic heterocycles. The first kappa shape index (κ1) is 21.4. The van der Waals surface area contributed by atoms with Crippen molar-refractivity contribution >= 4 is 16.2 Å². The molecule has 0 bridgehead atoms. The van der Waals surface area contributed by atoms with Crippen LogP contribution in [0, 0.1) is 5.92 Å². The molecule has 2 rings (SSSR count). The number of carbonyl (C=O) groups excluding carboxylic acids is 1. The smallest absolute Gasteiger partial charge is 0.410 e. The van der Waals surface area contributed by atoms with E-state index in [2.05, 4.69) is 11.8 Å². The zero-order valence-corrected chi connectivity index (χ0v) is 17.5. The Morgan fingerprint density at radius 2 is 1.73 bits per heavy atom. The fourth-order valence-corrected chi connectivity index (χ4v) is 4.31. The Kier molecular flexibility index (Phi) is 6.96. The lowest BCUT2D eigenvalue weighted by molar-refractivity contribution is -0.00831. The van der Waals surface area contributed by atoms with Crippen molar-refractivity contribution in [2.45, 2.75) is 71.1 Å². The number of rotatable bonds is 4. The lowest BCUT2D eigenvalue weighted by Gasteiger charge is -2.45. The Bertz CT molecular complexity index is 579. The second kappa shape index (κ2) is 8.44. The Labute approximate surface area is 158 Å². The van der Waals surface area contributed by atoms with Crippen LogP contribution in [0.2, 0.25) is 0 Å². The van der Waals surface area contributed by atoms with E-state index in [-0.39, 0.29) is 6.09 Å². The molecule has 0 radical (unpaired) electrons. The Morgan fingerprint density at radius 1 is 1.12 bits per heavy atom. The Morgan fingerprint density at radius 3 is 2.23 bits per heavy atom. The first-order chi connectivity index (χ1) is 11.9. The molecule has 0 unspecified atom stereocenters. The first-order valence-corrected chi connectivity index (χ1v) is 11.3. The zero-order valence-electron chi connectivity index (χ0n) is 16.7. The van der Waals surface area contributed by atoms with Crippen LogP contribution in [0.5, 0.6) is 0 Å². The molecule has 7 nitrogen and oxygen atoms in total. The van der Waals surface area contributed by atoms with Gasteiger partial charge in [-0.3, -0.25) is 9.08 Å². The first-order valence-electron chi connectivity index (χ1n) is 9.52. The molecule has 0 aromatic rings. The SMILES string of the molecule is C[C@H]1CN(C(=O)OC(C)(C)C)CCN1C1CCC(COS(C)(=O)=O)CC1. The maximum atomic E-state index is 12.3. The van der Waals surface area contributed by atoms with Crippen molar-refractivity contribution < 1.29 is 22.1 Å². The average molecular weight is 391 g/mol. The lowest BCUT2D eigenvalue weighted by atomic mass is 9.85. The summed E-state index contributed by atoms with van der Waals surface area (Å²) in [5.74, 6) is 0.319. The van der Waals surface area contributed by atoms with E-state index in [4.69, 9.17) is 8.92 Å². The van der Waals surface area contributed by atoms with Crippen LogP contribution < -0.4 is 0 Å². The molecule has 1 aliphatic carbocycles. The van der Waals surface area contributed by atoms with E-state index in [1.807, 2.05) is 20.8 Å². The van der Waals surface area contributed by atoms with Crippen molar-refractivity contribution in [3.05, 3.63) is 0 Å². The van der Waals surface area contributed by atoms with Crippen LogP contribution in [-0.4, -0.2) is 74.5 Å². The standard InChI is InChI=1S/C18H34N2O5S/c1-14-12-19(17(21)25-18(2,3)4)10-11-20(14)16-8-6-15(7-9-16)13-24-26(5,22)23/h14-16H,6-13H2,1-5H3/t14-,15?,16?/m0/s1. The predicted molar refractivity (Wildman–Crippen MR) is 101 cm³/mol. The molecule has 0 aromatic heterocycles. The molecule has 0 N–H and O–H groups in total. The quantitative estimate of drug-likeness (QED) is 0.687.